The second kappa shape index (κ2) is 10.4. The summed E-state index contributed by atoms with van der Waals surface area (Å²) in [7, 11) is 1.53. The molecule has 0 fully saturated rings. The molecule has 0 aliphatic carbocycles. The maximum Gasteiger partial charge on any atom is 0.363 e. The van der Waals surface area contributed by atoms with Gasteiger partial charge >= 0.3 is 5.97 Å². The molecule has 0 atom stereocenters. The Hall–Kier alpha value is -3.44. The van der Waals surface area contributed by atoms with Crippen LogP contribution in [0.4, 0.5) is 5.69 Å². The predicted octanol–water partition coefficient (Wildman–Crippen LogP) is 6.09. The Labute approximate surface area is 219 Å². The number of nitrogens with zero attached hydrogens (tertiary/aromatic N) is 2. The third-order valence-corrected chi connectivity index (χ3v) is 6.26. The van der Waals surface area contributed by atoms with Gasteiger partial charge in [-0.15, -0.1) is 0 Å². The highest BCUT2D eigenvalue weighted by molar-refractivity contribution is 14.1. The Morgan fingerprint density at radius 3 is 2.63 bits per heavy atom. The number of carbonyl (C=O) groups is 1. The molecule has 0 amide bonds. The number of hydrogen-bond donors (Lipinski definition) is 0. The van der Waals surface area contributed by atoms with Crippen LogP contribution in [0.5, 0.6) is 11.5 Å². The number of halogens is 2. The fourth-order valence-corrected chi connectivity index (χ4v) is 4.34. The smallest absolute Gasteiger partial charge is 0.363 e. The molecule has 0 unspecified atom stereocenters. The topological polar surface area (TPSA) is 100 Å². The number of carbonyl (C=O) groups excluding carboxylic acids is 1. The van der Waals surface area contributed by atoms with Crippen molar-refractivity contribution in [1.82, 2.24) is 0 Å². The van der Waals surface area contributed by atoms with Gasteiger partial charge in [-0.25, -0.2) is 9.79 Å². The average molecular weight is 605 g/mol. The van der Waals surface area contributed by atoms with E-state index < -0.39 is 10.9 Å². The first-order valence-corrected chi connectivity index (χ1v) is 11.7. The van der Waals surface area contributed by atoms with Crippen molar-refractivity contribution >= 4 is 57.8 Å². The second-order valence-corrected chi connectivity index (χ2v) is 9.09. The van der Waals surface area contributed by atoms with Crippen LogP contribution >= 0.6 is 34.2 Å². The van der Waals surface area contributed by atoms with E-state index in [4.69, 9.17) is 25.8 Å². The van der Waals surface area contributed by atoms with E-state index in [0.29, 0.717) is 39.8 Å². The van der Waals surface area contributed by atoms with E-state index in [2.05, 4.69) is 27.6 Å². The molecule has 0 spiro atoms. The summed E-state index contributed by atoms with van der Waals surface area (Å²) in [5.74, 6) is 0.424. The lowest BCUT2D eigenvalue weighted by molar-refractivity contribution is -0.385. The summed E-state index contributed by atoms with van der Waals surface area (Å²) in [6.45, 7) is 1.91. The predicted molar refractivity (Wildman–Crippen MR) is 140 cm³/mol. The number of hydrogen-bond acceptors (Lipinski definition) is 7. The highest BCUT2D eigenvalue weighted by Gasteiger charge is 2.27. The first-order chi connectivity index (χ1) is 16.8. The molecule has 0 saturated heterocycles. The van der Waals surface area contributed by atoms with Gasteiger partial charge < -0.3 is 14.2 Å². The third kappa shape index (κ3) is 5.46. The van der Waals surface area contributed by atoms with Crippen LogP contribution in [0, 0.1) is 20.6 Å². The molecule has 35 heavy (non-hydrogen) atoms. The maximum atomic E-state index is 12.5. The molecule has 3 aromatic carbocycles. The monoisotopic (exact) mass is 604 g/mol. The van der Waals surface area contributed by atoms with Gasteiger partial charge in [0.15, 0.2) is 17.2 Å². The van der Waals surface area contributed by atoms with Crippen LogP contribution in [-0.4, -0.2) is 23.9 Å². The Morgan fingerprint density at radius 2 is 1.94 bits per heavy atom. The zero-order valence-electron chi connectivity index (χ0n) is 18.6. The zero-order chi connectivity index (χ0) is 25.1. The molecule has 0 N–H and O–H groups in total. The molecular weight excluding hydrogens is 587 g/mol. The zero-order valence-corrected chi connectivity index (χ0v) is 21.5. The minimum absolute atomic E-state index is 0.0204. The number of methoxy groups -OCH3 is 1. The van der Waals surface area contributed by atoms with Crippen LogP contribution in [0.25, 0.3) is 6.08 Å². The molecule has 1 heterocycles. The van der Waals surface area contributed by atoms with Crippen molar-refractivity contribution in [2.45, 2.75) is 13.5 Å². The Bertz CT molecular complexity index is 1390. The van der Waals surface area contributed by atoms with Crippen LogP contribution in [0.3, 0.4) is 0 Å². The summed E-state index contributed by atoms with van der Waals surface area (Å²) < 4.78 is 17.6. The molecule has 0 saturated carbocycles. The second-order valence-electron chi connectivity index (χ2n) is 7.49. The first kappa shape index (κ1) is 24.7. The lowest BCUT2D eigenvalue weighted by atomic mass is 10.1. The molecule has 10 heteroatoms. The van der Waals surface area contributed by atoms with Gasteiger partial charge in [-0.2, -0.15) is 0 Å². The van der Waals surface area contributed by atoms with E-state index in [9.17, 15) is 14.9 Å². The highest BCUT2D eigenvalue weighted by Crippen LogP contribution is 2.36. The molecule has 0 aromatic heterocycles. The lowest BCUT2D eigenvalue weighted by Crippen LogP contribution is -2.08. The highest BCUT2D eigenvalue weighted by atomic mass is 127. The number of benzene rings is 3. The van der Waals surface area contributed by atoms with Crippen LogP contribution in [0.1, 0.15) is 22.3 Å². The van der Waals surface area contributed by atoms with E-state index in [-0.39, 0.29) is 17.3 Å². The number of esters is 1. The average Bonchev–Trinajstić information content (AvgIpc) is 3.18. The van der Waals surface area contributed by atoms with Crippen molar-refractivity contribution in [2.24, 2.45) is 4.99 Å². The van der Waals surface area contributed by atoms with Crippen molar-refractivity contribution in [2.75, 3.05) is 7.11 Å². The largest absolute Gasteiger partial charge is 0.493 e. The SMILES string of the molecule is COc1cc(/C=C2\N=C(c3cccc([N+](=O)[O-])c3C)OC2=O)cc(I)c1OCc1ccc(Cl)cc1. The van der Waals surface area contributed by atoms with Gasteiger partial charge in [0.2, 0.25) is 5.90 Å². The van der Waals surface area contributed by atoms with Gasteiger partial charge in [0.05, 0.1) is 15.6 Å². The van der Waals surface area contributed by atoms with Crippen LogP contribution in [0.2, 0.25) is 5.02 Å². The quantitative estimate of drug-likeness (QED) is 0.106. The van der Waals surface area contributed by atoms with E-state index in [0.717, 1.165) is 9.13 Å². The van der Waals surface area contributed by atoms with Crippen LogP contribution in [0.15, 0.2) is 65.3 Å². The van der Waals surface area contributed by atoms with Crippen molar-refractivity contribution in [3.8, 4) is 11.5 Å². The molecule has 1 aliphatic rings. The Kier molecular flexibility index (Phi) is 7.37. The number of rotatable bonds is 7. The van der Waals surface area contributed by atoms with Gasteiger partial charge in [-0.3, -0.25) is 10.1 Å². The number of cyclic esters (lactones) is 1. The van der Waals surface area contributed by atoms with E-state index in [1.54, 1.807) is 37.3 Å². The summed E-state index contributed by atoms with van der Waals surface area (Å²) in [4.78, 5) is 27.5. The van der Waals surface area contributed by atoms with Crippen molar-refractivity contribution in [3.05, 3.63) is 101 Å². The van der Waals surface area contributed by atoms with E-state index in [1.165, 1.54) is 19.2 Å². The normalized spacial score (nSPS) is 14.0. The van der Waals surface area contributed by atoms with Crippen LogP contribution < -0.4 is 9.47 Å². The van der Waals surface area contributed by atoms with Gasteiger partial charge in [-0.05, 0) is 77.0 Å². The molecular formula is C25H18ClIN2O6. The van der Waals surface area contributed by atoms with Gasteiger partial charge in [0.25, 0.3) is 5.69 Å². The van der Waals surface area contributed by atoms with E-state index in [1.807, 2.05) is 18.2 Å². The minimum atomic E-state index is -0.650. The molecule has 1 aliphatic heterocycles. The summed E-state index contributed by atoms with van der Waals surface area (Å²) in [5, 5.41) is 11.9. The summed E-state index contributed by atoms with van der Waals surface area (Å²) in [5.41, 5.74) is 2.34. The first-order valence-electron chi connectivity index (χ1n) is 10.3. The molecule has 4 rings (SSSR count). The lowest BCUT2D eigenvalue weighted by Gasteiger charge is -2.14. The Morgan fingerprint density at radius 1 is 1.20 bits per heavy atom. The molecule has 0 radical (unpaired) electrons. The Balaban J connectivity index is 1.61. The standard InChI is InChI=1S/C25H18ClIN2O6/c1-14-18(4-3-5-21(14)29(31)32)24-28-20(25(30)35-24)11-16-10-19(27)23(22(12-16)33-2)34-13-15-6-8-17(26)9-7-15/h3-12H,13H2,1-2H3/b20-11-. The fraction of sp³-hybridized carbons (Fsp3) is 0.120. The maximum absolute atomic E-state index is 12.5. The molecule has 3 aromatic rings. The van der Waals surface area contributed by atoms with Crippen LogP contribution in [-0.2, 0) is 16.1 Å². The number of ether oxygens (including phenoxy) is 3. The number of nitro groups is 1. The van der Waals surface area contributed by atoms with Crippen molar-refractivity contribution in [3.63, 3.8) is 0 Å². The molecule has 0 bridgehead atoms. The van der Waals surface area contributed by atoms with E-state index >= 15 is 0 Å². The van der Waals surface area contributed by atoms with Gasteiger partial charge in [0.1, 0.15) is 6.61 Å². The molecule has 178 valence electrons. The summed E-state index contributed by atoms with van der Waals surface area (Å²) in [6, 6.07) is 15.4. The summed E-state index contributed by atoms with van der Waals surface area (Å²) in [6.07, 6.45) is 1.57. The number of aliphatic imine (C=N–C) groups is 1. The fourth-order valence-electron chi connectivity index (χ4n) is 3.43. The third-order valence-electron chi connectivity index (χ3n) is 5.20. The van der Waals surface area contributed by atoms with Gasteiger partial charge in [-0.1, -0.05) is 29.8 Å². The van der Waals surface area contributed by atoms with Gasteiger partial charge in [0, 0.05) is 22.2 Å². The number of nitro benzene ring substituents is 1. The van der Waals surface area contributed by atoms with Crippen molar-refractivity contribution in [1.29, 1.82) is 0 Å². The minimum Gasteiger partial charge on any atom is -0.493 e. The van der Waals surface area contributed by atoms with Crippen molar-refractivity contribution < 1.29 is 23.9 Å². The summed E-state index contributed by atoms with van der Waals surface area (Å²) >= 11 is 8.06. The molecule has 8 nitrogen and oxygen atoms in total.